The number of phosphoric ester groups is 1. The van der Waals surface area contributed by atoms with Gasteiger partial charge in [0.05, 0.1) is 12.5 Å². The van der Waals surface area contributed by atoms with Crippen molar-refractivity contribution in [2.24, 2.45) is 5.92 Å². The van der Waals surface area contributed by atoms with Crippen LogP contribution in [0.15, 0.2) is 0 Å². The van der Waals surface area contributed by atoms with Crippen molar-refractivity contribution in [2.75, 3.05) is 20.8 Å². The van der Waals surface area contributed by atoms with Crippen LogP contribution >= 0.6 is 7.82 Å². The monoisotopic (exact) mass is 253 g/mol. The van der Waals surface area contributed by atoms with E-state index in [9.17, 15) is 14.5 Å². The number of carbonyl (C=O) groups is 1. The van der Waals surface area contributed by atoms with Gasteiger partial charge in [-0.2, -0.15) is 0 Å². The van der Waals surface area contributed by atoms with E-state index in [4.69, 9.17) is 9.93 Å². The van der Waals surface area contributed by atoms with Crippen molar-refractivity contribution in [3.8, 4) is 0 Å². The van der Waals surface area contributed by atoms with E-state index in [-0.39, 0.29) is 6.61 Å². The van der Waals surface area contributed by atoms with Crippen molar-refractivity contribution in [3.05, 3.63) is 0 Å². The first-order valence-electron chi connectivity index (χ1n) is 4.45. The third-order valence-corrected chi connectivity index (χ3v) is 3.27. The molecule has 0 aromatic carbocycles. The van der Waals surface area contributed by atoms with Gasteiger partial charge in [0, 0.05) is 20.4 Å². The summed E-state index contributed by atoms with van der Waals surface area (Å²) in [7, 11) is -1.36. The van der Waals surface area contributed by atoms with Crippen molar-refractivity contribution < 1.29 is 28.0 Å². The topological polar surface area (TPSA) is 106 Å². The second-order valence-corrected chi connectivity index (χ2v) is 4.88. The van der Waals surface area contributed by atoms with Crippen LogP contribution in [-0.2, 0) is 22.9 Å². The first-order valence-corrected chi connectivity index (χ1v) is 5.91. The Morgan fingerprint density at radius 3 is 2.31 bits per heavy atom. The van der Waals surface area contributed by atoms with Crippen LogP contribution in [0.5, 0.6) is 0 Å². The predicted molar refractivity (Wildman–Crippen MR) is 56.5 cm³/mol. The van der Waals surface area contributed by atoms with Crippen LogP contribution in [0.3, 0.4) is 0 Å². The summed E-state index contributed by atoms with van der Waals surface area (Å²) in [6.45, 7) is 0.886. The molecule has 0 radical (unpaired) electrons. The number of Topliss-reactive ketones (excluding diaryl/α,β-unsaturated/α-hetero) is 1. The number of hydrogen-bond acceptors (Lipinski definition) is 7. The van der Waals surface area contributed by atoms with Crippen molar-refractivity contribution in [3.63, 3.8) is 0 Å². The fourth-order valence-corrected chi connectivity index (χ4v) is 1.60. The van der Waals surface area contributed by atoms with Crippen LogP contribution in [0.2, 0.25) is 0 Å². The highest BCUT2D eigenvalue weighted by molar-refractivity contribution is 7.48. The van der Waals surface area contributed by atoms with E-state index < -0.39 is 25.6 Å². The van der Waals surface area contributed by atoms with Gasteiger partial charge < -0.3 is 10.5 Å². The van der Waals surface area contributed by atoms with Crippen molar-refractivity contribution in [1.29, 1.82) is 5.41 Å². The zero-order valence-corrected chi connectivity index (χ0v) is 10.3. The first kappa shape index (κ1) is 15.4. The second kappa shape index (κ2) is 6.88. The molecule has 0 spiro atoms. The van der Waals surface area contributed by atoms with E-state index in [1.54, 1.807) is 0 Å². The lowest BCUT2D eigenvalue weighted by atomic mass is 10.0. The minimum absolute atomic E-state index is 0.302. The molecule has 0 rings (SSSR count). The van der Waals surface area contributed by atoms with Crippen LogP contribution in [0.1, 0.15) is 6.92 Å². The van der Waals surface area contributed by atoms with Gasteiger partial charge in [0.15, 0.2) is 5.78 Å². The fraction of sp³-hybridized carbons (Fsp3) is 0.750. The molecule has 0 aromatic heterocycles. The van der Waals surface area contributed by atoms with Gasteiger partial charge in [-0.25, -0.2) is 4.57 Å². The van der Waals surface area contributed by atoms with Crippen LogP contribution in [-0.4, -0.2) is 44.0 Å². The van der Waals surface area contributed by atoms with Crippen molar-refractivity contribution >= 4 is 19.8 Å². The number of hydrogen-bond donors (Lipinski definition) is 2. The Bertz CT molecular complexity index is 286. The molecule has 0 saturated heterocycles. The molecule has 94 valence electrons. The largest absolute Gasteiger partial charge is 0.474 e. The predicted octanol–water partition coefficient (Wildman–Crippen LogP) is 0.620. The summed E-state index contributed by atoms with van der Waals surface area (Å²) in [6, 6.07) is 0. The van der Waals surface area contributed by atoms with Gasteiger partial charge in [0.25, 0.3) is 0 Å². The van der Waals surface area contributed by atoms with Gasteiger partial charge in [-0.1, -0.05) is 0 Å². The third-order valence-electron chi connectivity index (χ3n) is 1.91. The van der Waals surface area contributed by atoms with Crippen molar-refractivity contribution in [1.82, 2.24) is 0 Å². The van der Waals surface area contributed by atoms with Gasteiger partial charge >= 0.3 is 7.82 Å². The SMILES string of the molecule is COP(=O)(OC)OC[C@@H](C=N)[C@H](O)C(C)=O. The Labute approximate surface area is 93.8 Å². The number of aliphatic hydroxyl groups excluding tert-OH is 1. The summed E-state index contributed by atoms with van der Waals surface area (Å²) in [5, 5.41) is 16.4. The van der Waals surface area contributed by atoms with E-state index in [1.165, 1.54) is 6.92 Å². The Morgan fingerprint density at radius 1 is 1.50 bits per heavy atom. The maximum atomic E-state index is 11.5. The number of carbonyl (C=O) groups excluding carboxylic acids is 1. The van der Waals surface area contributed by atoms with E-state index in [2.05, 4.69) is 9.05 Å². The molecular formula is C8H16NO6P. The van der Waals surface area contributed by atoms with Gasteiger partial charge in [-0.3, -0.25) is 18.4 Å². The minimum Gasteiger partial charge on any atom is -0.385 e. The molecule has 0 aliphatic carbocycles. The summed E-state index contributed by atoms with van der Waals surface area (Å²) in [6.07, 6.45) is -0.512. The lowest BCUT2D eigenvalue weighted by Gasteiger charge is -2.19. The van der Waals surface area contributed by atoms with E-state index in [0.29, 0.717) is 0 Å². The fourth-order valence-electron chi connectivity index (χ4n) is 0.889. The molecular weight excluding hydrogens is 237 g/mol. The molecule has 0 fully saturated rings. The number of rotatable bonds is 8. The first-order chi connectivity index (χ1) is 7.40. The third kappa shape index (κ3) is 4.51. The summed E-state index contributed by atoms with van der Waals surface area (Å²) in [5.41, 5.74) is 0. The van der Waals surface area contributed by atoms with Gasteiger partial charge in [-0.05, 0) is 6.92 Å². The molecule has 7 nitrogen and oxygen atoms in total. The molecule has 0 aromatic rings. The van der Waals surface area contributed by atoms with E-state index >= 15 is 0 Å². The Balaban J connectivity index is 4.41. The molecule has 0 aliphatic heterocycles. The molecule has 0 unspecified atom stereocenters. The maximum Gasteiger partial charge on any atom is 0.474 e. The maximum absolute atomic E-state index is 11.5. The molecule has 0 aliphatic rings. The average Bonchev–Trinajstić information content (AvgIpc) is 2.29. The number of ketones is 1. The lowest BCUT2D eigenvalue weighted by Crippen LogP contribution is -2.31. The van der Waals surface area contributed by atoms with Crippen molar-refractivity contribution in [2.45, 2.75) is 13.0 Å². The molecule has 2 atom stereocenters. The highest BCUT2D eigenvalue weighted by Gasteiger charge is 2.28. The number of nitrogens with one attached hydrogen (secondary N) is 1. The van der Waals surface area contributed by atoms with Crippen LogP contribution < -0.4 is 0 Å². The highest BCUT2D eigenvalue weighted by atomic mass is 31.2. The van der Waals surface area contributed by atoms with Gasteiger partial charge in [0.1, 0.15) is 6.10 Å². The Kier molecular flexibility index (Phi) is 6.62. The summed E-state index contributed by atoms with van der Waals surface area (Å²) < 4.78 is 25.2. The zero-order valence-electron chi connectivity index (χ0n) is 9.37. The highest BCUT2D eigenvalue weighted by Crippen LogP contribution is 2.47. The molecule has 16 heavy (non-hydrogen) atoms. The molecule has 8 heteroatoms. The summed E-state index contributed by atoms with van der Waals surface area (Å²) in [5.74, 6) is -1.38. The summed E-state index contributed by atoms with van der Waals surface area (Å²) in [4.78, 5) is 10.9. The average molecular weight is 253 g/mol. The lowest BCUT2D eigenvalue weighted by molar-refractivity contribution is -0.126. The molecule has 2 N–H and O–H groups in total. The Morgan fingerprint density at radius 2 is 2.00 bits per heavy atom. The normalized spacial score (nSPS) is 15.5. The Hall–Kier alpha value is -0.590. The van der Waals surface area contributed by atoms with Gasteiger partial charge in [0.2, 0.25) is 0 Å². The van der Waals surface area contributed by atoms with Gasteiger partial charge in [-0.15, -0.1) is 0 Å². The van der Waals surface area contributed by atoms with Crippen LogP contribution in [0.25, 0.3) is 0 Å². The molecule has 0 amide bonds. The zero-order chi connectivity index (χ0) is 12.8. The molecule has 0 saturated carbocycles. The number of aliphatic hydroxyl groups is 1. The standard InChI is InChI=1S/C8H16NO6P/c1-6(10)8(11)7(4-9)5-15-16(12,13-2)14-3/h4,7-9,11H,5H2,1-3H3/t7-,8-/m1/s1. The molecule has 0 heterocycles. The van der Waals surface area contributed by atoms with Crippen LogP contribution in [0, 0.1) is 11.3 Å². The van der Waals surface area contributed by atoms with E-state index in [0.717, 1.165) is 20.4 Å². The smallest absolute Gasteiger partial charge is 0.385 e. The minimum atomic E-state index is -3.64. The van der Waals surface area contributed by atoms with E-state index in [1.807, 2.05) is 0 Å². The van der Waals surface area contributed by atoms with Crippen LogP contribution in [0.4, 0.5) is 0 Å². The molecule has 0 bridgehead atoms. The quantitative estimate of drug-likeness (QED) is 0.485. The summed E-state index contributed by atoms with van der Waals surface area (Å²) >= 11 is 0. The second-order valence-electron chi connectivity index (χ2n) is 2.99. The number of phosphoric acid groups is 1.